The Labute approximate surface area is 77.0 Å². The van der Waals surface area contributed by atoms with E-state index < -0.39 is 0 Å². The summed E-state index contributed by atoms with van der Waals surface area (Å²) in [4.78, 5) is 0. The van der Waals surface area contributed by atoms with Crippen molar-refractivity contribution in [1.29, 1.82) is 5.26 Å². The van der Waals surface area contributed by atoms with Crippen LogP contribution >= 0.6 is 0 Å². The molecule has 0 bridgehead atoms. The van der Waals surface area contributed by atoms with E-state index in [9.17, 15) is 4.39 Å². The van der Waals surface area contributed by atoms with Crippen LogP contribution in [0.3, 0.4) is 0 Å². The van der Waals surface area contributed by atoms with Crippen molar-refractivity contribution in [3.8, 4) is 6.07 Å². The first-order chi connectivity index (χ1) is 6.27. The molecule has 1 rings (SSSR count). The summed E-state index contributed by atoms with van der Waals surface area (Å²) in [5.41, 5.74) is 0.797. The highest BCUT2D eigenvalue weighted by Gasteiger charge is 2.07. The van der Waals surface area contributed by atoms with E-state index in [1.807, 2.05) is 6.92 Å². The molecule has 0 saturated carbocycles. The summed E-state index contributed by atoms with van der Waals surface area (Å²) in [6.45, 7) is 2.64. The predicted molar refractivity (Wildman–Crippen MR) is 48.4 cm³/mol. The molecular formula is C10H11FN2. The zero-order chi connectivity index (χ0) is 9.68. The second-order valence-electron chi connectivity index (χ2n) is 2.67. The molecule has 13 heavy (non-hydrogen) atoms. The predicted octanol–water partition coefficient (Wildman–Crippen LogP) is 2.00. The molecule has 68 valence electrons. The summed E-state index contributed by atoms with van der Waals surface area (Å²) >= 11 is 0. The lowest BCUT2D eigenvalue weighted by Crippen LogP contribution is -2.18. The van der Waals surface area contributed by atoms with E-state index in [0.717, 1.165) is 12.1 Å². The molecule has 0 aliphatic heterocycles. The zero-order valence-corrected chi connectivity index (χ0v) is 7.42. The molecule has 0 aliphatic carbocycles. The van der Waals surface area contributed by atoms with Crippen LogP contribution in [0.25, 0.3) is 0 Å². The van der Waals surface area contributed by atoms with Gasteiger partial charge in [0.1, 0.15) is 11.9 Å². The molecule has 1 N–H and O–H groups in total. The third kappa shape index (κ3) is 2.53. The molecule has 0 spiro atoms. The number of hydrogen-bond acceptors (Lipinski definition) is 2. The molecule has 1 aromatic carbocycles. The molecule has 1 atom stereocenters. The van der Waals surface area contributed by atoms with Crippen LogP contribution in [0.4, 0.5) is 4.39 Å². The average molecular weight is 178 g/mol. The summed E-state index contributed by atoms with van der Waals surface area (Å²) in [7, 11) is 0. The maximum atomic E-state index is 12.5. The van der Waals surface area contributed by atoms with Crippen molar-refractivity contribution in [2.75, 3.05) is 6.54 Å². The fourth-order valence-corrected chi connectivity index (χ4v) is 1.10. The standard InChI is InChI=1S/C10H11FN2/c1-2-13-10(7-12)8-3-5-9(11)6-4-8/h3-6,10,13H,2H2,1H3/t10-/m1/s1. The Balaban J connectivity index is 2.81. The normalized spacial score (nSPS) is 12.1. The van der Waals surface area contributed by atoms with E-state index in [1.54, 1.807) is 12.1 Å². The highest BCUT2D eigenvalue weighted by Crippen LogP contribution is 2.12. The van der Waals surface area contributed by atoms with Crippen LogP contribution in [0.2, 0.25) is 0 Å². The molecule has 0 aromatic heterocycles. The Kier molecular flexibility index (Phi) is 3.41. The number of halogens is 1. The molecule has 1 aromatic rings. The fourth-order valence-electron chi connectivity index (χ4n) is 1.10. The summed E-state index contributed by atoms with van der Waals surface area (Å²) in [6, 6.07) is 7.71. The Morgan fingerprint density at radius 1 is 1.46 bits per heavy atom. The van der Waals surface area contributed by atoms with Crippen molar-refractivity contribution in [1.82, 2.24) is 5.32 Å². The molecule has 0 amide bonds. The maximum Gasteiger partial charge on any atom is 0.123 e. The molecular weight excluding hydrogens is 167 g/mol. The third-order valence-electron chi connectivity index (χ3n) is 1.74. The van der Waals surface area contributed by atoms with E-state index in [2.05, 4.69) is 11.4 Å². The van der Waals surface area contributed by atoms with Gasteiger partial charge in [-0.3, -0.25) is 5.32 Å². The molecule has 0 fully saturated rings. The van der Waals surface area contributed by atoms with Gasteiger partial charge in [0.05, 0.1) is 6.07 Å². The van der Waals surface area contributed by atoms with Gasteiger partial charge in [-0.15, -0.1) is 0 Å². The molecule has 0 saturated heterocycles. The lowest BCUT2D eigenvalue weighted by Gasteiger charge is -2.09. The molecule has 0 heterocycles. The molecule has 3 heteroatoms. The van der Waals surface area contributed by atoms with Gasteiger partial charge in [-0.05, 0) is 24.2 Å². The molecule has 2 nitrogen and oxygen atoms in total. The van der Waals surface area contributed by atoms with E-state index >= 15 is 0 Å². The minimum Gasteiger partial charge on any atom is -0.298 e. The van der Waals surface area contributed by atoms with Crippen molar-refractivity contribution < 1.29 is 4.39 Å². The Morgan fingerprint density at radius 3 is 2.54 bits per heavy atom. The minimum absolute atomic E-state index is 0.281. The van der Waals surface area contributed by atoms with Gasteiger partial charge in [-0.1, -0.05) is 19.1 Å². The van der Waals surface area contributed by atoms with E-state index in [-0.39, 0.29) is 11.9 Å². The van der Waals surface area contributed by atoms with Gasteiger partial charge in [0, 0.05) is 0 Å². The van der Waals surface area contributed by atoms with Gasteiger partial charge in [0.15, 0.2) is 0 Å². The van der Waals surface area contributed by atoms with Gasteiger partial charge < -0.3 is 0 Å². The number of nitriles is 1. The van der Waals surface area contributed by atoms with Gasteiger partial charge >= 0.3 is 0 Å². The van der Waals surface area contributed by atoms with Crippen LogP contribution in [0, 0.1) is 17.1 Å². The fraction of sp³-hybridized carbons (Fsp3) is 0.300. The zero-order valence-electron chi connectivity index (χ0n) is 7.42. The number of nitrogens with zero attached hydrogens (tertiary/aromatic N) is 1. The lowest BCUT2D eigenvalue weighted by atomic mass is 10.1. The summed E-state index contributed by atoms with van der Waals surface area (Å²) in [5, 5.41) is 11.8. The van der Waals surface area contributed by atoms with Crippen LogP contribution in [-0.4, -0.2) is 6.54 Å². The van der Waals surface area contributed by atoms with Gasteiger partial charge in [0.25, 0.3) is 0 Å². The second kappa shape index (κ2) is 4.58. The summed E-state index contributed by atoms with van der Waals surface area (Å²) in [5.74, 6) is -0.281. The first kappa shape index (κ1) is 9.69. The third-order valence-corrected chi connectivity index (χ3v) is 1.74. The van der Waals surface area contributed by atoms with Gasteiger partial charge in [-0.2, -0.15) is 5.26 Å². The highest BCUT2D eigenvalue weighted by molar-refractivity contribution is 5.24. The van der Waals surface area contributed by atoms with Crippen LogP contribution < -0.4 is 5.32 Å². The minimum atomic E-state index is -0.342. The average Bonchev–Trinajstić information content (AvgIpc) is 2.16. The second-order valence-corrected chi connectivity index (χ2v) is 2.67. The van der Waals surface area contributed by atoms with Gasteiger partial charge in [-0.25, -0.2) is 4.39 Å². The van der Waals surface area contributed by atoms with E-state index in [0.29, 0.717) is 0 Å². The largest absolute Gasteiger partial charge is 0.298 e. The van der Waals surface area contributed by atoms with E-state index in [4.69, 9.17) is 5.26 Å². The molecule has 0 unspecified atom stereocenters. The van der Waals surface area contributed by atoms with Crippen molar-refractivity contribution >= 4 is 0 Å². The SMILES string of the molecule is CCN[C@H](C#N)c1ccc(F)cc1. The molecule has 0 radical (unpaired) electrons. The Hall–Kier alpha value is -1.40. The van der Waals surface area contributed by atoms with Crippen LogP contribution in [0.5, 0.6) is 0 Å². The van der Waals surface area contributed by atoms with Gasteiger partial charge in [0.2, 0.25) is 0 Å². The lowest BCUT2D eigenvalue weighted by molar-refractivity contribution is 0.621. The smallest absolute Gasteiger partial charge is 0.123 e. The number of nitrogens with one attached hydrogen (secondary N) is 1. The van der Waals surface area contributed by atoms with Crippen LogP contribution in [0.1, 0.15) is 18.5 Å². The first-order valence-electron chi connectivity index (χ1n) is 4.16. The quantitative estimate of drug-likeness (QED) is 0.768. The highest BCUT2D eigenvalue weighted by atomic mass is 19.1. The monoisotopic (exact) mass is 178 g/mol. The number of hydrogen-bond donors (Lipinski definition) is 1. The number of rotatable bonds is 3. The van der Waals surface area contributed by atoms with Crippen molar-refractivity contribution in [2.45, 2.75) is 13.0 Å². The summed E-state index contributed by atoms with van der Waals surface area (Å²) in [6.07, 6.45) is 0. The topological polar surface area (TPSA) is 35.8 Å². The van der Waals surface area contributed by atoms with Crippen molar-refractivity contribution in [3.05, 3.63) is 35.6 Å². The maximum absolute atomic E-state index is 12.5. The Bertz CT molecular complexity index is 300. The number of benzene rings is 1. The van der Waals surface area contributed by atoms with Crippen molar-refractivity contribution in [2.24, 2.45) is 0 Å². The van der Waals surface area contributed by atoms with Crippen LogP contribution in [0.15, 0.2) is 24.3 Å². The first-order valence-corrected chi connectivity index (χ1v) is 4.16. The Morgan fingerprint density at radius 2 is 2.08 bits per heavy atom. The molecule has 0 aliphatic rings. The van der Waals surface area contributed by atoms with E-state index in [1.165, 1.54) is 12.1 Å². The summed E-state index contributed by atoms with van der Waals surface area (Å²) < 4.78 is 12.5. The van der Waals surface area contributed by atoms with Crippen LogP contribution in [-0.2, 0) is 0 Å². The van der Waals surface area contributed by atoms with Crippen molar-refractivity contribution in [3.63, 3.8) is 0 Å².